The molecule has 214 valence electrons. The van der Waals surface area contributed by atoms with Crippen molar-refractivity contribution < 1.29 is 22.7 Å². The molecule has 3 aromatic carbocycles. The third kappa shape index (κ3) is 8.08. The van der Waals surface area contributed by atoms with Crippen LogP contribution in [0.5, 0.6) is 5.75 Å². The van der Waals surface area contributed by atoms with Crippen LogP contribution in [0.3, 0.4) is 0 Å². The van der Waals surface area contributed by atoms with Gasteiger partial charge in [-0.2, -0.15) is 0 Å². The number of methoxy groups -OCH3 is 1. The lowest BCUT2D eigenvalue weighted by Crippen LogP contribution is -2.54. The fourth-order valence-electron chi connectivity index (χ4n) is 4.02. The zero-order valence-corrected chi connectivity index (χ0v) is 26.0. The van der Waals surface area contributed by atoms with Crippen LogP contribution in [-0.2, 0) is 26.2 Å². The van der Waals surface area contributed by atoms with E-state index in [1.54, 1.807) is 43.3 Å². The predicted molar refractivity (Wildman–Crippen MR) is 161 cm³/mol. The van der Waals surface area contributed by atoms with Crippen molar-refractivity contribution in [2.75, 3.05) is 18.0 Å². The Balaban J connectivity index is 2.06. The maximum atomic E-state index is 14.0. The van der Waals surface area contributed by atoms with Crippen molar-refractivity contribution in [2.24, 2.45) is 0 Å². The lowest BCUT2D eigenvalue weighted by Gasteiger charge is -2.33. The first kappa shape index (κ1) is 31.2. The van der Waals surface area contributed by atoms with Gasteiger partial charge in [0, 0.05) is 22.6 Å². The normalized spacial score (nSPS) is 12.4. The number of ether oxygens (including phenoxy) is 1. The van der Waals surface area contributed by atoms with E-state index in [0.29, 0.717) is 5.75 Å². The predicted octanol–water partition coefficient (Wildman–Crippen LogP) is 5.29. The lowest BCUT2D eigenvalue weighted by atomic mass is 10.1. The van der Waals surface area contributed by atoms with Gasteiger partial charge in [-0.1, -0.05) is 51.8 Å². The highest BCUT2D eigenvalue weighted by Crippen LogP contribution is 2.28. The molecule has 8 nitrogen and oxygen atoms in total. The van der Waals surface area contributed by atoms with Gasteiger partial charge in [0.1, 0.15) is 18.3 Å². The lowest BCUT2D eigenvalue weighted by molar-refractivity contribution is -0.140. The molecule has 0 spiro atoms. The van der Waals surface area contributed by atoms with Crippen LogP contribution in [0.4, 0.5) is 5.69 Å². The van der Waals surface area contributed by atoms with Gasteiger partial charge in [-0.25, -0.2) is 8.42 Å². The molecule has 0 radical (unpaired) electrons. The molecule has 0 unspecified atom stereocenters. The number of anilines is 1. The first-order valence-electron chi connectivity index (χ1n) is 12.8. The van der Waals surface area contributed by atoms with E-state index in [4.69, 9.17) is 4.74 Å². The zero-order chi connectivity index (χ0) is 29.7. The number of amides is 2. The van der Waals surface area contributed by atoms with Gasteiger partial charge in [-0.3, -0.25) is 13.9 Å². The van der Waals surface area contributed by atoms with Gasteiger partial charge in [-0.15, -0.1) is 0 Å². The number of halogens is 1. The van der Waals surface area contributed by atoms with Crippen molar-refractivity contribution in [1.29, 1.82) is 0 Å². The molecule has 0 aliphatic rings. The first-order valence-corrected chi connectivity index (χ1v) is 15.0. The van der Waals surface area contributed by atoms with E-state index in [-0.39, 0.29) is 23.0 Å². The number of sulfonamides is 1. The second-order valence-corrected chi connectivity index (χ2v) is 13.4. The highest BCUT2D eigenvalue weighted by atomic mass is 79.9. The molecule has 0 bridgehead atoms. The second kappa shape index (κ2) is 12.9. The summed E-state index contributed by atoms with van der Waals surface area (Å²) in [5.74, 6) is -0.432. The number of hydrogen-bond acceptors (Lipinski definition) is 5. The summed E-state index contributed by atoms with van der Waals surface area (Å²) in [7, 11) is -2.67. The van der Waals surface area contributed by atoms with Crippen molar-refractivity contribution in [2.45, 2.75) is 57.6 Å². The van der Waals surface area contributed by atoms with Crippen molar-refractivity contribution in [3.05, 3.63) is 88.4 Å². The summed E-state index contributed by atoms with van der Waals surface area (Å²) in [6.45, 7) is 8.66. The number of carbonyl (C=O) groups excluding carboxylic acids is 2. The summed E-state index contributed by atoms with van der Waals surface area (Å²) in [5, 5.41) is 2.92. The molecule has 10 heteroatoms. The molecule has 1 atom stereocenters. The van der Waals surface area contributed by atoms with E-state index < -0.39 is 34.1 Å². The minimum Gasteiger partial charge on any atom is -0.497 e. The van der Waals surface area contributed by atoms with Gasteiger partial charge in [-0.05, 0) is 76.6 Å². The van der Waals surface area contributed by atoms with Gasteiger partial charge in [0.2, 0.25) is 11.8 Å². The highest BCUT2D eigenvalue weighted by molar-refractivity contribution is 9.10. The Morgan fingerprint density at radius 3 is 2.25 bits per heavy atom. The first-order chi connectivity index (χ1) is 18.7. The van der Waals surface area contributed by atoms with Gasteiger partial charge >= 0.3 is 0 Å². The fourth-order valence-corrected chi connectivity index (χ4v) is 5.87. The Labute approximate surface area is 245 Å². The maximum absolute atomic E-state index is 14.0. The molecular formula is C30H36BrN3O5S. The molecule has 0 heterocycles. The summed E-state index contributed by atoms with van der Waals surface area (Å²) in [6.07, 6.45) is 0. The van der Waals surface area contributed by atoms with Crippen LogP contribution in [0.1, 0.15) is 38.8 Å². The van der Waals surface area contributed by atoms with Crippen molar-refractivity contribution in [3.8, 4) is 5.75 Å². The monoisotopic (exact) mass is 629 g/mol. The molecule has 0 saturated heterocycles. The number of hydrogen-bond donors (Lipinski definition) is 1. The Hall–Kier alpha value is -3.37. The van der Waals surface area contributed by atoms with Crippen LogP contribution < -0.4 is 14.4 Å². The summed E-state index contributed by atoms with van der Waals surface area (Å²) in [4.78, 5) is 28.7. The summed E-state index contributed by atoms with van der Waals surface area (Å²) in [6, 6.07) is 19.5. The molecule has 40 heavy (non-hydrogen) atoms. The summed E-state index contributed by atoms with van der Waals surface area (Å²) in [5.41, 5.74) is 1.44. The summed E-state index contributed by atoms with van der Waals surface area (Å²) >= 11 is 3.45. The fraction of sp³-hybridized carbons (Fsp3) is 0.333. The highest BCUT2D eigenvalue weighted by Gasteiger charge is 2.33. The topological polar surface area (TPSA) is 96.0 Å². The molecule has 3 rings (SSSR count). The molecule has 2 amide bonds. The Bertz CT molecular complexity index is 1450. The van der Waals surface area contributed by atoms with E-state index in [0.717, 1.165) is 19.9 Å². The van der Waals surface area contributed by atoms with Crippen LogP contribution in [0.2, 0.25) is 0 Å². The van der Waals surface area contributed by atoms with Gasteiger partial charge in [0.05, 0.1) is 17.7 Å². The quantitative estimate of drug-likeness (QED) is 0.329. The minimum atomic E-state index is -4.16. The van der Waals surface area contributed by atoms with E-state index in [9.17, 15) is 18.0 Å². The number of carbonyl (C=O) groups is 2. The standard InChI is InChI=1S/C30H36BrN3O5S/c1-21-13-15-27(16-14-21)40(37,38)34(25-11-8-12-26(18-25)39-6)20-28(35)33(19-23-9-7-10-24(31)17-23)22(2)29(36)32-30(3,4)5/h7-18,22H,19-20H2,1-6H3,(H,32,36)/t22-/m1/s1. The Morgan fingerprint density at radius 1 is 1.00 bits per heavy atom. The third-order valence-corrected chi connectivity index (χ3v) is 8.42. The maximum Gasteiger partial charge on any atom is 0.264 e. The van der Waals surface area contributed by atoms with Gasteiger partial charge < -0.3 is 15.0 Å². The smallest absolute Gasteiger partial charge is 0.264 e. The van der Waals surface area contributed by atoms with Crippen LogP contribution in [0, 0.1) is 6.92 Å². The molecule has 0 aliphatic carbocycles. The zero-order valence-electron chi connectivity index (χ0n) is 23.6. The Morgan fingerprint density at radius 2 is 1.65 bits per heavy atom. The average molecular weight is 631 g/mol. The van der Waals surface area contributed by atoms with Crippen LogP contribution >= 0.6 is 15.9 Å². The van der Waals surface area contributed by atoms with E-state index >= 15 is 0 Å². The molecule has 0 fully saturated rings. The van der Waals surface area contributed by atoms with Crippen molar-refractivity contribution in [3.63, 3.8) is 0 Å². The Kier molecular flexibility index (Phi) is 10.0. The van der Waals surface area contributed by atoms with E-state index in [2.05, 4.69) is 21.2 Å². The van der Waals surface area contributed by atoms with Gasteiger partial charge in [0.25, 0.3) is 10.0 Å². The number of rotatable bonds is 10. The second-order valence-electron chi connectivity index (χ2n) is 10.6. The van der Waals surface area contributed by atoms with Crippen molar-refractivity contribution >= 4 is 43.5 Å². The van der Waals surface area contributed by atoms with E-state index in [1.807, 2.05) is 52.0 Å². The van der Waals surface area contributed by atoms with Crippen LogP contribution in [0.15, 0.2) is 82.2 Å². The number of benzene rings is 3. The number of aryl methyl sites for hydroxylation is 1. The molecule has 1 N–H and O–H groups in total. The molecule has 0 aromatic heterocycles. The number of nitrogens with zero attached hydrogens (tertiary/aromatic N) is 2. The largest absolute Gasteiger partial charge is 0.497 e. The van der Waals surface area contributed by atoms with Crippen LogP contribution in [-0.4, -0.2) is 50.4 Å². The van der Waals surface area contributed by atoms with E-state index in [1.165, 1.54) is 24.1 Å². The third-order valence-electron chi connectivity index (χ3n) is 6.14. The SMILES string of the molecule is COc1cccc(N(CC(=O)N(Cc2cccc(Br)c2)[C@H](C)C(=O)NC(C)(C)C)S(=O)(=O)c2ccc(C)cc2)c1. The van der Waals surface area contributed by atoms with Crippen molar-refractivity contribution in [1.82, 2.24) is 10.2 Å². The molecule has 0 saturated carbocycles. The molecular weight excluding hydrogens is 594 g/mol. The van der Waals surface area contributed by atoms with Gasteiger partial charge in [0.15, 0.2) is 0 Å². The minimum absolute atomic E-state index is 0.0470. The molecule has 0 aliphatic heterocycles. The summed E-state index contributed by atoms with van der Waals surface area (Å²) < 4.78 is 35.1. The average Bonchev–Trinajstić information content (AvgIpc) is 2.89. The number of nitrogens with one attached hydrogen (secondary N) is 1. The molecule has 3 aromatic rings. The van der Waals surface area contributed by atoms with Crippen LogP contribution in [0.25, 0.3) is 0 Å².